The van der Waals surface area contributed by atoms with Gasteiger partial charge >= 0.3 is 0 Å². The Morgan fingerprint density at radius 1 is 1.19 bits per heavy atom. The fourth-order valence-electron chi connectivity index (χ4n) is 2.33. The van der Waals surface area contributed by atoms with E-state index in [0.717, 1.165) is 24.5 Å². The third-order valence-corrected chi connectivity index (χ3v) is 5.44. The molecule has 9 heteroatoms. The number of carbonyl (C=O) groups is 1. The molecule has 0 spiro atoms. The summed E-state index contributed by atoms with van der Waals surface area (Å²) in [4.78, 5) is 19.1. The number of anilines is 1. The van der Waals surface area contributed by atoms with Crippen LogP contribution in [0.5, 0.6) is 0 Å². The van der Waals surface area contributed by atoms with Gasteiger partial charge in [0.05, 0.1) is 16.6 Å². The predicted molar refractivity (Wildman–Crippen MR) is 94.4 cm³/mol. The summed E-state index contributed by atoms with van der Waals surface area (Å²) in [5.74, 6) is -1.74. The van der Waals surface area contributed by atoms with Crippen molar-refractivity contribution in [3.8, 4) is 11.4 Å². The van der Waals surface area contributed by atoms with Gasteiger partial charge < -0.3 is 10.3 Å². The molecule has 0 unspecified atom stereocenters. The van der Waals surface area contributed by atoms with Gasteiger partial charge in [-0.3, -0.25) is 4.79 Å². The van der Waals surface area contributed by atoms with Crippen LogP contribution in [0, 0.1) is 11.6 Å². The highest BCUT2D eigenvalue weighted by Gasteiger charge is 2.23. The standard InChI is InChI=1S/C17H15F2N3O3S/c1-9(26(2,24)25)17(23)20-11-4-6-14-15(8-11)22-16(21-14)12-7-10(18)3-5-13(12)19/h3-9H,1-2H3,(H,20,23)(H,21,22)/t9-/m1/s1. The van der Waals surface area contributed by atoms with Gasteiger partial charge in [0.1, 0.15) is 22.7 Å². The highest BCUT2D eigenvalue weighted by molar-refractivity contribution is 7.92. The molecule has 1 amide bonds. The van der Waals surface area contributed by atoms with Crippen LogP contribution in [0.4, 0.5) is 14.5 Å². The number of carbonyl (C=O) groups excluding carboxylic acids is 1. The molecule has 3 aromatic rings. The number of amides is 1. The Morgan fingerprint density at radius 2 is 1.92 bits per heavy atom. The molecule has 0 aliphatic rings. The first-order valence-electron chi connectivity index (χ1n) is 7.60. The first kappa shape index (κ1) is 18.0. The van der Waals surface area contributed by atoms with Crippen molar-refractivity contribution in [3.05, 3.63) is 48.0 Å². The first-order valence-corrected chi connectivity index (χ1v) is 9.55. The smallest absolute Gasteiger partial charge is 0.242 e. The number of benzene rings is 2. The molecule has 1 atom stereocenters. The second-order valence-electron chi connectivity index (χ2n) is 5.90. The summed E-state index contributed by atoms with van der Waals surface area (Å²) in [7, 11) is -3.51. The average Bonchev–Trinajstić information content (AvgIpc) is 2.98. The molecular weight excluding hydrogens is 364 g/mol. The molecule has 2 N–H and O–H groups in total. The van der Waals surface area contributed by atoms with Crippen molar-refractivity contribution in [3.63, 3.8) is 0 Å². The minimum absolute atomic E-state index is 0.0162. The molecule has 0 fully saturated rings. The van der Waals surface area contributed by atoms with Crippen LogP contribution in [0.2, 0.25) is 0 Å². The highest BCUT2D eigenvalue weighted by atomic mass is 32.2. The molecule has 1 heterocycles. The van der Waals surface area contributed by atoms with Gasteiger partial charge in [0.25, 0.3) is 0 Å². The number of halogens is 2. The Bertz CT molecular complexity index is 1110. The first-order chi connectivity index (χ1) is 12.1. The van der Waals surface area contributed by atoms with Gasteiger partial charge in [0.2, 0.25) is 5.91 Å². The maximum absolute atomic E-state index is 13.9. The van der Waals surface area contributed by atoms with E-state index >= 15 is 0 Å². The monoisotopic (exact) mass is 379 g/mol. The summed E-state index contributed by atoms with van der Waals surface area (Å²) in [5, 5.41) is 1.31. The molecular formula is C17H15F2N3O3S. The van der Waals surface area contributed by atoms with Gasteiger partial charge in [-0.25, -0.2) is 22.2 Å². The lowest BCUT2D eigenvalue weighted by molar-refractivity contribution is -0.115. The molecule has 2 aromatic carbocycles. The van der Waals surface area contributed by atoms with Gasteiger partial charge in [-0.15, -0.1) is 0 Å². The minimum Gasteiger partial charge on any atom is -0.338 e. The molecule has 1 aromatic heterocycles. The van der Waals surface area contributed by atoms with Crippen LogP contribution in [0.1, 0.15) is 6.92 Å². The lowest BCUT2D eigenvalue weighted by Gasteiger charge is -2.10. The van der Waals surface area contributed by atoms with Gasteiger partial charge in [-0.05, 0) is 43.3 Å². The summed E-state index contributed by atoms with van der Waals surface area (Å²) in [6.07, 6.45) is 0.981. The van der Waals surface area contributed by atoms with Crippen LogP contribution >= 0.6 is 0 Å². The SMILES string of the molecule is C[C@H](C(=O)Nc1ccc2nc(-c3cc(F)ccc3F)[nH]c2c1)S(C)(=O)=O. The van der Waals surface area contributed by atoms with Crippen LogP contribution in [-0.4, -0.2) is 35.8 Å². The van der Waals surface area contributed by atoms with E-state index < -0.39 is 32.6 Å². The Labute approximate surface area is 148 Å². The van der Waals surface area contributed by atoms with E-state index in [4.69, 9.17) is 0 Å². The number of nitrogens with one attached hydrogen (secondary N) is 2. The number of H-pyrrole nitrogens is 1. The molecule has 3 rings (SSSR count). The normalized spacial score (nSPS) is 12.9. The summed E-state index contributed by atoms with van der Waals surface area (Å²) < 4.78 is 50.2. The van der Waals surface area contributed by atoms with E-state index in [0.29, 0.717) is 16.7 Å². The number of hydrogen-bond acceptors (Lipinski definition) is 4. The van der Waals surface area contributed by atoms with Crippen LogP contribution in [-0.2, 0) is 14.6 Å². The van der Waals surface area contributed by atoms with Crippen LogP contribution in [0.3, 0.4) is 0 Å². The van der Waals surface area contributed by atoms with Crippen molar-refractivity contribution in [1.82, 2.24) is 9.97 Å². The molecule has 0 saturated carbocycles. The third-order valence-electron chi connectivity index (χ3n) is 3.94. The van der Waals surface area contributed by atoms with Crippen molar-refractivity contribution in [1.29, 1.82) is 0 Å². The lowest BCUT2D eigenvalue weighted by Crippen LogP contribution is -2.31. The molecule has 0 saturated heterocycles. The van der Waals surface area contributed by atoms with Crippen LogP contribution < -0.4 is 5.32 Å². The number of aromatic amines is 1. The van der Waals surface area contributed by atoms with Crippen molar-refractivity contribution < 1.29 is 22.0 Å². The molecule has 0 bridgehead atoms. The van der Waals surface area contributed by atoms with Crippen LogP contribution in [0.15, 0.2) is 36.4 Å². The number of sulfone groups is 1. The number of hydrogen-bond donors (Lipinski definition) is 2. The average molecular weight is 379 g/mol. The van der Waals surface area contributed by atoms with Crippen molar-refractivity contribution in [2.75, 3.05) is 11.6 Å². The Balaban J connectivity index is 1.93. The van der Waals surface area contributed by atoms with Gasteiger partial charge in [-0.1, -0.05) is 0 Å². The Hall–Kier alpha value is -2.81. The van der Waals surface area contributed by atoms with Crippen LogP contribution in [0.25, 0.3) is 22.4 Å². The van der Waals surface area contributed by atoms with Gasteiger partial charge in [0.15, 0.2) is 9.84 Å². The number of fused-ring (bicyclic) bond motifs is 1. The van der Waals surface area contributed by atoms with Crippen molar-refractivity contribution in [2.45, 2.75) is 12.2 Å². The highest BCUT2D eigenvalue weighted by Crippen LogP contribution is 2.25. The largest absolute Gasteiger partial charge is 0.338 e. The molecule has 0 aliphatic carbocycles. The Morgan fingerprint density at radius 3 is 2.62 bits per heavy atom. The zero-order chi connectivity index (χ0) is 19.1. The number of rotatable bonds is 4. The second-order valence-corrected chi connectivity index (χ2v) is 8.27. The number of imidazole rings is 1. The van der Waals surface area contributed by atoms with E-state index in [-0.39, 0.29) is 11.4 Å². The Kier molecular flexibility index (Phi) is 4.49. The van der Waals surface area contributed by atoms with Gasteiger partial charge in [-0.2, -0.15) is 0 Å². The van der Waals surface area contributed by atoms with E-state index in [9.17, 15) is 22.0 Å². The van der Waals surface area contributed by atoms with E-state index in [1.807, 2.05) is 0 Å². The summed E-state index contributed by atoms with van der Waals surface area (Å²) >= 11 is 0. The zero-order valence-electron chi connectivity index (χ0n) is 13.9. The maximum Gasteiger partial charge on any atom is 0.242 e. The summed E-state index contributed by atoms with van der Waals surface area (Å²) in [5.41, 5.74) is 1.30. The topological polar surface area (TPSA) is 91.9 Å². The molecule has 0 aliphatic heterocycles. The summed E-state index contributed by atoms with van der Waals surface area (Å²) in [6.45, 7) is 1.30. The molecule has 26 heavy (non-hydrogen) atoms. The minimum atomic E-state index is -3.51. The fourth-order valence-corrected chi connectivity index (χ4v) is 2.78. The predicted octanol–water partition coefficient (Wildman–Crippen LogP) is 2.88. The quantitative estimate of drug-likeness (QED) is 0.729. The fraction of sp³-hybridized carbons (Fsp3) is 0.176. The van der Waals surface area contributed by atoms with E-state index in [1.54, 1.807) is 12.1 Å². The molecule has 136 valence electrons. The number of aromatic nitrogens is 2. The zero-order valence-corrected chi connectivity index (χ0v) is 14.7. The van der Waals surface area contributed by atoms with Crippen molar-refractivity contribution in [2.24, 2.45) is 0 Å². The summed E-state index contributed by atoms with van der Waals surface area (Å²) in [6, 6.07) is 7.71. The number of nitrogens with zero attached hydrogens (tertiary/aromatic N) is 1. The second kappa shape index (κ2) is 6.49. The third kappa shape index (κ3) is 3.57. The van der Waals surface area contributed by atoms with Crippen molar-refractivity contribution >= 4 is 32.5 Å². The van der Waals surface area contributed by atoms with E-state index in [2.05, 4.69) is 15.3 Å². The van der Waals surface area contributed by atoms with E-state index in [1.165, 1.54) is 13.0 Å². The molecule has 0 radical (unpaired) electrons. The lowest BCUT2D eigenvalue weighted by atomic mass is 10.2. The molecule has 6 nitrogen and oxygen atoms in total. The van der Waals surface area contributed by atoms with Gasteiger partial charge in [0, 0.05) is 11.9 Å². The maximum atomic E-state index is 13.9.